The van der Waals surface area contributed by atoms with Gasteiger partial charge in [0.15, 0.2) is 0 Å². The molecule has 0 unspecified atom stereocenters. The number of amides is 1. The molecule has 144 valence electrons. The standard InChI is InChI=1S/C24H26N2O2/c27-24(23(19-10-3-1-4-11-19)20-12-5-2-6-13-20)25-18-21(22-14-9-17-28-22)26-15-7-8-16-26/h1-6,9-14,17,21,23H,7-8,15-16,18H2,(H,25,27)/t21-/m1/s1. The van der Waals surface area contributed by atoms with Gasteiger partial charge in [-0.3, -0.25) is 9.69 Å². The van der Waals surface area contributed by atoms with Crippen molar-refractivity contribution in [1.29, 1.82) is 0 Å². The van der Waals surface area contributed by atoms with Gasteiger partial charge in [0.05, 0.1) is 18.2 Å². The normalized spacial score (nSPS) is 15.6. The van der Waals surface area contributed by atoms with Crippen LogP contribution < -0.4 is 5.32 Å². The van der Waals surface area contributed by atoms with Crippen molar-refractivity contribution < 1.29 is 9.21 Å². The number of carbonyl (C=O) groups is 1. The number of nitrogens with zero attached hydrogens (tertiary/aromatic N) is 1. The van der Waals surface area contributed by atoms with Gasteiger partial charge in [-0.2, -0.15) is 0 Å². The highest BCUT2D eigenvalue weighted by Crippen LogP contribution is 2.27. The Kier molecular flexibility index (Phi) is 5.88. The zero-order valence-electron chi connectivity index (χ0n) is 16.0. The summed E-state index contributed by atoms with van der Waals surface area (Å²) in [5, 5.41) is 3.20. The van der Waals surface area contributed by atoms with Crippen LogP contribution in [-0.4, -0.2) is 30.4 Å². The topological polar surface area (TPSA) is 45.5 Å². The second-order valence-corrected chi connectivity index (χ2v) is 7.27. The van der Waals surface area contributed by atoms with Crippen molar-refractivity contribution in [3.8, 4) is 0 Å². The Labute approximate surface area is 166 Å². The van der Waals surface area contributed by atoms with Crippen molar-refractivity contribution in [3.05, 3.63) is 95.9 Å². The largest absolute Gasteiger partial charge is 0.468 e. The second kappa shape index (κ2) is 8.89. The number of furan rings is 1. The molecule has 1 aliphatic rings. The predicted molar refractivity (Wildman–Crippen MR) is 110 cm³/mol. The maximum Gasteiger partial charge on any atom is 0.232 e. The molecule has 3 aromatic rings. The van der Waals surface area contributed by atoms with E-state index in [-0.39, 0.29) is 17.9 Å². The Morgan fingerprint density at radius 3 is 2.04 bits per heavy atom. The van der Waals surface area contributed by atoms with Gasteiger partial charge in [0.1, 0.15) is 5.76 Å². The fourth-order valence-corrected chi connectivity index (χ4v) is 4.03. The molecule has 2 heterocycles. The lowest BCUT2D eigenvalue weighted by Gasteiger charge is -2.27. The molecule has 0 aliphatic carbocycles. The van der Waals surface area contributed by atoms with Crippen molar-refractivity contribution in [2.75, 3.05) is 19.6 Å². The van der Waals surface area contributed by atoms with E-state index in [4.69, 9.17) is 4.42 Å². The molecule has 4 heteroatoms. The summed E-state index contributed by atoms with van der Waals surface area (Å²) < 4.78 is 5.68. The summed E-state index contributed by atoms with van der Waals surface area (Å²) in [6.45, 7) is 2.63. The Balaban J connectivity index is 1.54. The summed E-state index contributed by atoms with van der Waals surface area (Å²) in [5.74, 6) is 0.615. The van der Waals surface area contributed by atoms with Crippen molar-refractivity contribution in [1.82, 2.24) is 10.2 Å². The van der Waals surface area contributed by atoms with Gasteiger partial charge in [-0.05, 0) is 49.2 Å². The Hall–Kier alpha value is -2.85. The zero-order chi connectivity index (χ0) is 19.2. The van der Waals surface area contributed by atoms with Crippen molar-refractivity contribution in [3.63, 3.8) is 0 Å². The maximum atomic E-state index is 13.3. The first-order valence-electron chi connectivity index (χ1n) is 9.98. The van der Waals surface area contributed by atoms with Gasteiger partial charge in [-0.25, -0.2) is 0 Å². The van der Waals surface area contributed by atoms with E-state index in [9.17, 15) is 4.79 Å². The highest BCUT2D eigenvalue weighted by Gasteiger charge is 2.28. The van der Waals surface area contributed by atoms with Gasteiger partial charge in [0.2, 0.25) is 5.91 Å². The van der Waals surface area contributed by atoms with Crippen molar-refractivity contribution >= 4 is 5.91 Å². The van der Waals surface area contributed by atoms with Crippen LogP contribution in [0.1, 0.15) is 41.7 Å². The third kappa shape index (κ3) is 4.18. The van der Waals surface area contributed by atoms with E-state index in [0.29, 0.717) is 6.54 Å². The summed E-state index contributed by atoms with van der Waals surface area (Å²) >= 11 is 0. The minimum atomic E-state index is -0.321. The van der Waals surface area contributed by atoms with Gasteiger partial charge in [-0.1, -0.05) is 60.7 Å². The lowest BCUT2D eigenvalue weighted by Crippen LogP contribution is -2.38. The molecular formula is C24H26N2O2. The summed E-state index contributed by atoms with van der Waals surface area (Å²) in [6.07, 6.45) is 4.10. The van der Waals surface area contributed by atoms with E-state index < -0.39 is 0 Å². The molecule has 1 N–H and O–H groups in total. The first-order chi connectivity index (χ1) is 13.8. The average molecular weight is 374 g/mol. The van der Waals surface area contributed by atoms with E-state index >= 15 is 0 Å². The molecule has 0 radical (unpaired) electrons. The van der Waals surface area contributed by atoms with Crippen LogP contribution >= 0.6 is 0 Å². The first kappa shape index (κ1) is 18.5. The number of nitrogens with one attached hydrogen (secondary N) is 1. The number of benzene rings is 2. The third-order valence-electron chi connectivity index (χ3n) is 5.45. The van der Waals surface area contributed by atoms with E-state index in [1.165, 1.54) is 12.8 Å². The zero-order valence-corrected chi connectivity index (χ0v) is 16.0. The van der Waals surface area contributed by atoms with Crippen LogP contribution in [0.25, 0.3) is 0 Å². The molecule has 1 atom stereocenters. The summed E-state index contributed by atoms with van der Waals surface area (Å²) in [6, 6.07) is 23.9. The van der Waals surface area contributed by atoms with Gasteiger partial charge in [0, 0.05) is 6.54 Å². The first-order valence-corrected chi connectivity index (χ1v) is 9.98. The van der Waals surface area contributed by atoms with Crippen LogP contribution in [-0.2, 0) is 4.79 Å². The molecule has 0 saturated carbocycles. The number of hydrogen-bond acceptors (Lipinski definition) is 3. The van der Waals surface area contributed by atoms with Crippen LogP contribution in [0, 0.1) is 0 Å². The molecule has 1 aromatic heterocycles. The van der Waals surface area contributed by atoms with Gasteiger partial charge in [-0.15, -0.1) is 0 Å². The summed E-state index contributed by atoms with van der Waals surface area (Å²) in [5.41, 5.74) is 2.00. The average Bonchev–Trinajstić information content (AvgIpc) is 3.45. The van der Waals surface area contributed by atoms with Gasteiger partial charge in [0.25, 0.3) is 0 Å². The van der Waals surface area contributed by atoms with Gasteiger partial charge >= 0.3 is 0 Å². The molecule has 1 amide bonds. The summed E-state index contributed by atoms with van der Waals surface area (Å²) in [4.78, 5) is 15.7. The predicted octanol–water partition coefficient (Wildman–Crippen LogP) is 4.36. The van der Waals surface area contributed by atoms with Crippen molar-refractivity contribution in [2.45, 2.75) is 24.8 Å². The van der Waals surface area contributed by atoms with E-state index in [0.717, 1.165) is 30.0 Å². The highest BCUT2D eigenvalue weighted by molar-refractivity contribution is 5.87. The molecule has 4 rings (SSSR count). The van der Waals surface area contributed by atoms with E-state index in [2.05, 4.69) is 10.2 Å². The smallest absolute Gasteiger partial charge is 0.232 e. The van der Waals surface area contributed by atoms with E-state index in [1.807, 2.05) is 72.8 Å². The third-order valence-corrected chi connectivity index (χ3v) is 5.45. The van der Waals surface area contributed by atoms with Crippen LogP contribution in [0.15, 0.2) is 83.5 Å². The lowest BCUT2D eigenvalue weighted by atomic mass is 9.90. The monoisotopic (exact) mass is 374 g/mol. The quantitative estimate of drug-likeness (QED) is 0.668. The molecule has 4 nitrogen and oxygen atoms in total. The van der Waals surface area contributed by atoms with Gasteiger partial charge < -0.3 is 9.73 Å². The van der Waals surface area contributed by atoms with Crippen LogP contribution in [0.4, 0.5) is 0 Å². The minimum Gasteiger partial charge on any atom is -0.468 e. The fourth-order valence-electron chi connectivity index (χ4n) is 4.03. The highest BCUT2D eigenvalue weighted by atomic mass is 16.3. The minimum absolute atomic E-state index is 0.0214. The maximum absolute atomic E-state index is 13.3. The Morgan fingerprint density at radius 2 is 1.50 bits per heavy atom. The van der Waals surface area contributed by atoms with Crippen LogP contribution in [0.2, 0.25) is 0 Å². The fraction of sp³-hybridized carbons (Fsp3) is 0.292. The molecule has 1 aliphatic heterocycles. The molecular weight excluding hydrogens is 348 g/mol. The molecule has 0 bridgehead atoms. The Bertz CT molecular complexity index is 817. The molecule has 0 spiro atoms. The molecule has 1 fully saturated rings. The van der Waals surface area contributed by atoms with E-state index in [1.54, 1.807) is 6.26 Å². The van der Waals surface area contributed by atoms with Crippen molar-refractivity contribution in [2.24, 2.45) is 0 Å². The molecule has 1 saturated heterocycles. The number of likely N-dealkylation sites (tertiary alicyclic amines) is 1. The number of rotatable bonds is 7. The molecule has 2 aromatic carbocycles. The SMILES string of the molecule is O=C(NC[C@H](c1ccco1)N1CCCC1)C(c1ccccc1)c1ccccc1. The van der Waals surface area contributed by atoms with Crippen LogP contribution in [0.3, 0.4) is 0 Å². The molecule has 28 heavy (non-hydrogen) atoms. The summed E-state index contributed by atoms with van der Waals surface area (Å²) in [7, 11) is 0. The second-order valence-electron chi connectivity index (χ2n) is 7.27. The lowest BCUT2D eigenvalue weighted by molar-refractivity contribution is -0.122. The Morgan fingerprint density at radius 1 is 0.893 bits per heavy atom. The van der Waals surface area contributed by atoms with Crippen LogP contribution in [0.5, 0.6) is 0 Å². The number of hydrogen-bond donors (Lipinski definition) is 1. The number of carbonyl (C=O) groups excluding carboxylic acids is 1.